The van der Waals surface area contributed by atoms with Crippen molar-refractivity contribution in [1.29, 1.82) is 0 Å². The molecule has 2 aliphatic heterocycles. The summed E-state index contributed by atoms with van der Waals surface area (Å²) < 4.78 is 6.13. The van der Waals surface area contributed by atoms with Gasteiger partial charge in [-0.1, -0.05) is 11.3 Å². The van der Waals surface area contributed by atoms with Gasteiger partial charge >= 0.3 is 0 Å². The molecule has 2 saturated heterocycles. The molecule has 0 saturated carbocycles. The van der Waals surface area contributed by atoms with E-state index < -0.39 is 0 Å². The number of carbonyl (C=O) groups excluding carboxylic acids is 3. The lowest BCUT2D eigenvalue weighted by Gasteiger charge is -2.28. The number of amides is 3. The SMILES string of the molecule is O=C(Nc1ccc(N2CCOCC2)cc1)c1ccc2nc(N3C(=O)CCC3=O)sc2c1. The Kier molecular flexibility index (Phi) is 5.13. The maximum Gasteiger partial charge on any atom is 0.255 e. The van der Waals surface area contributed by atoms with Crippen LogP contribution < -0.4 is 15.1 Å². The third-order valence-electron chi connectivity index (χ3n) is 5.38. The van der Waals surface area contributed by atoms with Crippen LogP contribution in [0, 0.1) is 0 Å². The first-order chi connectivity index (χ1) is 15.1. The topological polar surface area (TPSA) is 91.8 Å². The lowest BCUT2D eigenvalue weighted by Crippen LogP contribution is -2.36. The molecule has 0 bridgehead atoms. The number of imide groups is 1. The summed E-state index contributed by atoms with van der Waals surface area (Å²) in [4.78, 5) is 44.4. The van der Waals surface area contributed by atoms with Crippen molar-refractivity contribution in [1.82, 2.24) is 4.98 Å². The van der Waals surface area contributed by atoms with E-state index in [0.29, 0.717) is 21.9 Å². The monoisotopic (exact) mass is 436 g/mol. The number of aromatic nitrogens is 1. The lowest BCUT2D eigenvalue weighted by atomic mass is 10.2. The highest BCUT2D eigenvalue weighted by Gasteiger charge is 2.32. The van der Waals surface area contributed by atoms with Crippen LogP contribution in [0.4, 0.5) is 16.5 Å². The van der Waals surface area contributed by atoms with E-state index in [0.717, 1.165) is 41.6 Å². The number of ether oxygens (including phenoxy) is 1. The highest BCUT2D eigenvalue weighted by molar-refractivity contribution is 7.22. The third-order valence-corrected chi connectivity index (χ3v) is 6.39. The van der Waals surface area contributed by atoms with Crippen molar-refractivity contribution in [2.45, 2.75) is 12.8 Å². The van der Waals surface area contributed by atoms with E-state index in [1.54, 1.807) is 18.2 Å². The molecule has 2 fully saturated rings. The predicted molar refractivity (Wildman–Crippen MR) is 119 cm³/mol. The Labute approximate surface area is 182 Å². The fourth-order valence-corrected chi connectivity index (χ4v) is 4.76. The highest BCUT2D eigenvalue weighted by atomic mass is 32.1. The number of rotatable bonds is 4. The molecule has 158 valence electrons. The molecule has 0 radical (unpaired) electrons. The Morgan fingerprint density at radius 2 is 1.71 bits per heavy atom. The molecule has 9 heteroatoms. The number of morpholine rings is 1. The zero-order chi connectivity index (χ0) is 21.4. The Morgan fingerprint density at radius 1 is 1.00 bits per heavy atom. The number of nitrogens with zero attached hydrogens (tertiary/aromatic N) is 3. The van der Waals surface area contributed by atoms with E-state index in [-0.39, 0.29) is 30.6 Å². The quantitative estimate of drug-likeness (QED) is 0.632. The van der Waals surface area contributed by atoms with Crippen LogP contribution in [0.25, 0.3) is 10.2 Å². The second-order valence-corrected chi connectivity index (χ2v) is 8.41. The number of hydrogen-bond donors (Lipinski definition) is 1. The minimum absolute atomic E-state index is 0.215. The average molecular weight is 436 g/mol. The van der Waals surface area contributed by atoms with Crippen molar-refractivity contribution >= 4 is 55.8 Å². The highest BCUT2D eigenvalue weighted by Crippen LogP contribution is 2.32. The fourth-order valence-electron chi connectivity index (χ4n) is 3.72. The van der Waals surface area contributed by atoms with Crippen LogP contribution in [0.5, 0.6) is 0 Å². The lowest BCUT2D eigenvalue weighted by molar-refractivity contribution is -0.121. The van der Waals surface area contributed by atoms with Crippen LogP contribution in [0.15, 0.2) is 42.5 Å². The van der Waals surface area contributed by atoms with E-state index in [9.17, 15) is 14.4 Å². The molecule has 31 heavy (non-hydrogen) atoms. The van der Waals surface area contributed by atoms with Gasteiger partial charge in [0.05, 0.1) is 23.4 Å². The minimum Gasteiger partial charge on any atom is -0.378 e. The summed E-state index contributed by atoms with van der Waals surface area (Å²) in [5, 5.41) is 3.27. The second kappa shape index (κ2) is 8.09. The molecule has 0 unspecified atom stereocenters. The van der Waals surface area contributed by atoms with Gasteiger partial charge in [0, 0.05) is 42.9 Å². The Morgan fingerprint density at radius 3 is 2.42 bits per heavy atom. The molecule has 2 aromatic carbocycles. The Balaban J connectivity index is 1.31. The molecular formula is C22H20N4O4S. The third kappa shape index (κ3) is 3.89. The van der Waals surface area contributed by atoms with Crippen molar-refractivity contribution in [3.8, 4) is 0 Å². The first-order valence-corrected chi connectivity index (χ1v) is 10.9. The molecule has 0 atom stereocenters. The summed E-state index contributed by atoms with van der Waals surface area (Å²) in [6.07, 6.45) is 0.430. The largest absolute Gasteiger partial charge is 0.378 e. The number of nitrogens with one attached hydrogen (secondary N) is 1. The van der Waals surface area contributed by atoms with Gasteiger partial charge in [-0.2, -0.15) is 0 Å². The molecule has 5 rings (SSSR count). The van der Waals surface area contributed by atoms with Crippen LogP contribution in [-0.2, 0) is 14.3 Å². The maximum absolute atomic E-state index is 12.7. The number of fused-ring (bicyclic) bond motifs is 1. The number of anilines is 3. The predicted octanol–water partition coefficient (Wildman–Crippen LogP) is 3.04. The van der Waals surface area contributed by atoms with Crippen LogP contribution in [0.1, 0.15) is 23.2 Å². The standard InChI is InChI=1S/C22H20N4O4S/c27-19-7-8-20(28)26(19)22-24-17-6-1-14(13-18(17)31-22)21(29)23-15-2-4-16(5-3-15)25-9-11-30-12-10-25/h1-6,13H,7-12H2,(H,23,29). The zero-order valence-electron chi connectivity index (χ0n) is 16.7. The molecule has 0 spiro atoms. The molecular weight excluding hydrogens is 416 g/mol. The van der Waals surface area contributed by atoms with E-state index in [2.05, 4.69) is 15.2 Å². The summed E-state index contributed by atoms with van der Waals surface area (Å²) in [5.74, 6) is -0.700. The maximum atomic E-state index is 12.7. The van der Waals surface area contributed by atoms with E-state index >= 15 is 0 Å². The molecule has 1 aromatic heterocycles. The number of thiazole rings is 1. The minimum atomic E-state index is -0.234. The summed E-state index contributed by atoms with van der Waals surface area (Å²) in [6, 6.07) is 12.9. The van der Waals surface area contributed by atoms with Crippen LogP contribution in [0.2, 0.25) is 0 Å². The van der Waals surface area contributed by atoms with Gasteiger partial charge in [-0.3, -0.25) is 14.4 Å². The second-order valence-electron chi connectivity index (χ2n) is 7.40. The van der Waals surface area contributed by atoms with Crippen molar-refractivity contribution in [2.75, 3.05) is 41.4 Å². The molecule has 1 N–H and O–H groups in total. The normalized spacial score (nSPS) is 16.9. The molecule has 0 aliphatic carbocycles. The van der Waals surface area contributed by atoms with Gasteiger partial charge < -0.3 is 15.0 Å². The Hall–Kier alpha value is -3.30. The molecule has 3 heterocycles. The van der Waals surface area contributed by atoms with Gasteiger partial charge in [0.2, 0.25) is 11.8 Å². The molecule has 3 amide bonds. The Bertz CT molecular complexity index is 1150. The van der Waals surface area contributed by atoms with Crippen molar-refractivity contribution in [3.63, 3.8) is 0 Å². The van der Waals surface area contributed by atoms with Crippen LogP contribution in [-0.4, -0.2) is 49.0 Å². The van der Waals surface area contributed by atoms with Gasteiger partial charge in [-0.25, -0.2) is 9.88 Å². The van der Waals surface area contributed by atoms with E-state index in [1.807, 2.05) is 24.3 Å². The molecule has 2 aliphatic rings. The molecule has 8 nitrogen and oxygen atoms in total. The van der Waals surface area contributed by atoms with E-state index in [1.165, 1.54) is 11.3 Å². The first-order valence-electron chi connectivity index (χ1n) is 10.1. The number of carbonyl (C=O) groups is 3. The first kappa shape index (κ1) is 19.7. The van der Waals surface area contributed by atoms with Gasteiger partial charge in [0.1, 0.15) is 0 Å². The van der Waals surface area contributed by atoms with Gasteiger partial charge in [0.25, 0.3) is 5.91 Å². The van der Waals surface area contributed by atoms with Crippen LogP contribution >= 0.6 is 11.3 Å². The zero-order valence-corrected chi connectivity index (χ0v) is 17.5. The van der Waals surface area contributed by atoms with Gasteiger partial charge in [-0.05, 0) is 42.5 Å². The number of benzene rings is 2. The summed E-state index contributed by atoms with van der Waals surface area (Å²) in [7, 11) is 0. The summed E-state index contributed by atoms with van der Waals surface area (Å²) in [6.45, 7) is 3.16. The van der Waals surface area contributed by atoms with Crippen molar-refractivity contribution < 1.29 is 19.1 Å². The van der Waals surface area contributed by atoms with E-state index in [4.69, 9.17) is 4.74 Å². The van der Waals surface area contributed by atoms with Crippen molar-refractivity contribution in [2.24, 2.45) is 0 Å². The summed E-state index contributed by atoms with van der Waals surface area (Å²) >= 11 is 1.24. The summed E-state index contributed by atoms with van der Waals surface area (Å²) in [5.41, 5.74) is 2.95. The molecule has 3 aromatic rings. The van der Waals surface area contributed by atoms with Gasteiger partial charge in [-0.15, -0.1) is 0 Å². The average Bonchev–Trinajstić information content (AvgIpc) is 3.36. The van der Waals surface area contributed by atoms with Gasteiger partial charge in [0.15, 0.2) is 5.13 Å². The fraction of sp³-hybridized carbons (Fsp3) is 0.273. The smallest absolute Gasteiger partial charge is 0.255 e. The van der Waals surface area contributed by atoms with Crippen LogP contribution in [0.3, 0.4) is 0 Å². The van der Waals surface area contributed by atoms with Crippen molar-refractivity contribution in [3.05, 3.63) is 48.0 Å². The number of hydrogen-bond acceptors (Lipinski definition) is 7.